The van der Waals surface area contributed by atoms with Crippen molar-refractivity contribution in [3.8, 4) is 0 Å². The Labute approximate surface area is 232 Å². The number of rotatable bonds is 14. The standard InChI is InChI=1S/C31H43N3O5/c1-4-34(26-11-8-10-23(2)20-26)29(36)22-33-19-9-12-27(33)28(35)21-24-14-16-25(17-15-24)31(38)32-18-7-5-6-13-30(37)39-3/h8-12,19-20,24-25H,4-7,13-18,21-22H2,1-3H3,(H,32,38). The van der Waals surface area contributed by atoms with Gasteiger partial charge in [-0.1, -0.05) is 18.6 Å². The molecule has 1 aliphatic carbocycles. The fourth-order valence-corrected chi connectivity index (χ4v) is 5.36. The van der Waals surface area contributed by atoms with Gasteiger partial charge in [-0.25, -0.2) is 0 Å². The molecule has 1 aromatic heterocycles. The van der Waals surface area contributed by atoms with E-state index in [1.165, 1.54) is 7.11 Å². The van der Waals surface area contributed by atoms with E-state index in [9.17, 15) is 19.2 Å². The number of likely N-dealkylation sites (N-methyl/N-ethyl adjacent to an activating group) is 1. The molecule has 1 N–H and O–H groups in total. The number of amides is 2. The third-order valence-electron chi connectivity index (χ3n) is 7.63. The van der Waals surface area contributed by atoms with Crippen LogP contribution in [0.1, 0.15) is 80.8 Å². The number of Topliss-reactive ketones (excluding diaryl/α,β-unsaturated/α-hetero) is 1. The fourth-order valence-electron chi connectivity index (χ4n) is 5.36. The summed E-state index contributed by atoms with van der Waals surface area (Å²) < 4.78 is 6.39. The summed E-state index contributed by atoms with van der Waals surface area (Å²) in [7, 11) is 1.39. The number of hydrogen-bond acceptors (Lipinski definition) is 5. The molecule has 0 unspecified atom stereocenters. The predicted octanol–water partition coefficient (Wildman–Crippen LogP) is 5.08. The van der Waals surface area contributed by atoms with Crippen molar-refractivity contribution in [1.29, 1.82) is 0 Å². The molecule has 2 amide bonds. The van der Waals surface area contributed by atoms with Crippen molar-refractivity contribution in [2.24, 2.45) is 11.8 Å². The van der Waals surface area contributed by atoms with Gasteiger partial charge in [0.05, 0.1) is 12.8 Å². The first-order valence-electron chi connectivity index (χ1n) is 14.2. The van der Waals surface area contributed by atoms with Crippen molar-refractivity contribution in [2.75, 3.05) is 25.1 Å². The molecule has 3 rings (SSSR count). The number of benzene rings is 1. The number of carbonyl (C=O) groups is 4. The van der Waals surface area contributed by atoms with Crippen LogP contribution in [0.15, 0.2) is 42.6 Å². The van der Waals surface area contributed by atoms with Crippen LogP contribution in [0.25, 0.3) is 0 Å². The van der Waals surface area contributed by atoms with Gasteiger partial charge in [0.1, 0.15) is 6.54 Å². The van der Waals surface area contributed by atoms with E-state index < -0.39 is 0 Å². The molecule has 1 aromatic carbocycles. The fraction of sp³-hybridized carbons (Fsp3) is 0.548. The SMILES string of the molecule is CCN(C(=O)Cn1cccc1C(=O)CC1CCC(C(=O)NCCCCCC(=O)OC)CC1)c1cccc(C)c1. The number of nitrogens with zero attached hydrogens (tertiary/aromatic N) is 2. The molecule has 212 valence electrons. The van der Waals surface area contributed by atoms with Gasteiger partial charge in [-0.2, -0.15) is 0 Å². The van der Waals surface area contributed by atoms with Crippen LogP contribution in [0.4, 0.5) is 5.69 Å². The van der Waals surface area contributed by atoms with Crippen molar-refractivity contribution >= 4 is 29.3 Å². The maximum atomic E-state index is 13.2. The summed E-state index contributed by atoms with van der Waals surface area (Å²) in [6, 6.07) is 11.5. The molecule has 1 saturated carbocycles. The molecule has 2 aromatic rings. The molecule has 0 atom stereocenters. The van der Waals surface area contributed by atoms with Gasteiger partial charge in [-0.05, 0) is 88.1 Å². The highest BCUT2D eigenvalue weighted by Crippen LogP contribution is 2.32. The van der Waals surface area contributed by atoms with Crippen LogP contribution in [-0.4, -0.2) is 48.3 Å². The Morgan fingerprint density at radius 1 is 1.03 bits per heavy atom. The van der Waals surface area contributed by atoms with Gasteiger partial charge in [0.15, 0.2) is 5.78 Å². The second kappa shape index (κ2) is 15.2. The molecule has 0 aliphatic heterocycles. The Morgan fingerprint density at radius 2 is 1.79 bits per heavy atom. The van der Waals surface area contributed by atoms with Crippen molar-refractivity contribution in [3.63, 3.8) is 0 Å². The van der Waals surface area contributed by atoms with Gasteiger partial charge >= 0.3 is 5.97 Å². The first-order chi connectivity index (χ1) is 18.8. The zero-order valence-electron chi connectivity index (χ0n) is 23.6. The van der Waals surface area contributed by atoms with Gasteiger partial charge in [0.25, 0.3) is 0 Å². The van der Waals surface area contributed by atoms with Gasteiger partial charge < -0.3 is 19.5 Å². The number of unbranched alkanes of at least 4 members (excludes halogenated alkanes) is 2. The van der Waals surface area contributed by atoms with Crippen LogP contribution in [0.2, 0.25) is 0 Å². The molecule has 0 spiro atoms. The number of aryl methyl sites for hydroxylation is 1. The largest absolute Gasteiger partial charge is 0.469 e. The lowest BCUT2D eigenvalue weighted by Gasteiger charge is -2.27. The minimum Gasteiger partial charge on any atom is -0.469 e. The molecule has 1 fully saturated rings. The first-order valence-corrected chi connectivity index (χ1v) is 14.2. The molecule has 0 bridgehead atoms. The maximum Gasteiger partial charge on any atom is 0.305 e. The van der Waals surface area contributed by atoms with Crippen LogP contribution in [0.5, 0.6) is 0 Å². The summed E-state index contributed by atoms with van der Waals surface area (Å²) in [5.74, 6) is 0.133. The quantitative estimate of drug-likeness (QED) is 0.206. The number of hydrogen-bond donors (Lipinski definition) is 1. The molecular weight excluding hydrogens is 494 g/mol. The number of aromatic nitrogens is 1. The van der Waals surface area contributed by atoms with Crippen LogP contribution >= 0.6 is 0 Å². The minimum absolute atomic E-state index is 0.00504. The molecular formula is C31H43N3O5. The van der Waals surface area contributed by atoms with E-state index in [4.69, 9.17) is 0 Å². The summed E-state index contributed by atoms with van der Waals surface area (Å²) in [5, 5.41) is 3.03. The van der Waals surface area contributed by atoms with Crippen molar-refractivity contribution in [2.45, 2.75) is 78.2 Å². The van der Waals surface area contributed by atoms with Gasteiger partial charge in [0.2, 0.25) is 11.8 Å². The molecule has 1 heterocycles. The maximum absolute atomic E-state index is 13.2. The normalized spacial score (nSPS) is 16.9. The highest BCUT2D eigenvalue weighted by molar-refractivity contribution is 5.97. The number of carbonyl (C=O) groups excluding carboxylic acids is 4. The van der Waals surface area contributed by atoms with E-state index in [0.29, 0.717) is 31.6 Å². The van der Waals surface area contributed by atoms with E-state index in [-0.39, 0.29) is 41.9 Å². The lowest BCUT2D eigenvalue weighted by atomic mass is 9.79. The average Bonchev–Trinajstić information content (AvgIpc) is 3.39. The lowest BCUT2D eigenvalue weighted by Crippen LogP contribution is -2.34. The number of esters is 1. The molecule has 1 aliphatic rings. The molecule has 0 radical (unpaired) electrons. The van der Waals surface area contributed by atoms with E-state index in [1.807, 2.05) is 44.2 Å². The van der Waals surface area contributed by atoms with Crippen molar-refractivity contribution in [3.05, 3.63) is 53.9 Å². The molecule has 8 nitrogen and oxygen atoms in total. The van der Waals surface area contributed by atoms with Crippen LogP contribution in [0.3, 0.4) is 0 Å². The van der Waals surface area contributed by atoms with Crippen LogP contribution in [-0.2, 0) is 25.7 Å². The van der Waals surface area contributed by atoms with Gasteiger partial charge in [0, 0.05) is 43.7 Å². The number of anilines is 1. The van der Waals surface area contributed by atoms with Crippen LogP contribution in [0, 0.1) is 18.8 Å². The van der Waals surface area contributed by atoms with E-state index >= 15 is 0 Å². The number of ether oxygens (including phenoxy) is 1. The summed E-state index contributed by atoms with van der Waals surface area (Å²) in [6.07, 6.45) is 8.39. The number of ketones is 1. The summed E-state index contributed by atoms with van der Waals surface area (Å²) in [5.41, 5.74) is 2.52. The van der Waals surface area contributed by atoms with Gasteiger partial charge in [-0.15, -0.1) is 0 Å². The zero-order chi connectivity index (χ0) is 28.2. The smallest absolute Gasteiger partial charge is 0.305 e. The van der Waals surface area contributed by atoms with Crippen molar-refractivity contribution < 1.29 is 23.9 Å². The van der Waals surface area contributed by atoms with Crippen LogP contribution < -0.4 is 10.2 Å². The second-order valence-electron chi connectivity index (χ2n) is 10.5. The summed E-state index contributed by atoms with van der Waals surface area (Å²) >= 11 is 0. The molecule has 8 heteroatoms. The van der Waals surface area contributed by atoms with E-state index in [0.717, 1.165) is 56.2 Å². The molecule has 39 heavy (non-hydrogen) atoms. The third kappa shape index (κ3) is 9.08. The third-order valence-corrected chi connectivity index (χ3v) is 7.63. The Morgan fingerprint density at radius 3 is 2.49 bits per heavy atom. The van der Waals surface area contributed by atoms with Gasteiger partial charge in [-0.3, -0.25) is 19.2 Å². The van der Waals surface area contributed by atoms with E-state index in [2.05, 4.69) is 10.1 Å². The Balaban J connectivity index is 1.43. The lowest BCUT2D eigenvalue weighted by molar-refractivity contribution is -0.140. The van der Waals surface area contributed by atoms with E-state index in [1.54, 1.807) is 21.7 Å². The highest BCUT2D eigenvalue weighted by atomic mass is 16.5. The minimum atomic E-state index is -0.197. The first kappa shape index (κ1) is 30.1. The summed E-state index contributed by atoms with van der Waals surface area (Å²) in [6.45, 7) is 5.24. The average molecular weight is 538 g/mol. The second-order valence-corrected chi connectivity index (χ2v) is 10.5. The Kier molecular flexibility index (Phi) is 11.8. The predicted molar refractivity (Wildman–Crippen MR) is 152 cm³/mol. The zero-order valence-corrected chi connectivity index (χ0v) is 23.6. The Bertz CT molecular complexity index is 1120. The summed E-state index contributed by atoms with van der Waals surface area (Å²) in [4.78, 5) is 51.7. The van der Waals surface area contributed by atoms with Crippen molar-refractivity contribution in [1.82, 2.24) is 9.88 Å². The Hall–Kier alpha value is -3.42. The highest BCUT2D eigenvalue weighted by Gasteiger charge is 2.28. The number of methoxy groups -OCH3 is 1. The molecule has 0 saturated heterocycles. The topological polar surface area (TPSA) is 97.7 Å². The monoisotopic (exact) mass is 537 g/mol. The number of nitrogens with one attached hydrogen (secondary N) is 1.